The normalized spacial score (nSPS) is 14.4. The van der Waals surface area contributed by atoms with Gasteiger partial charge in [0.15, 0.2) is 17.5 Å². The number of hydrogen-bond donors (Lipinski definition) is 4. The van der Waals surface area contributed by atoms with Crippen LogP contribution in [0.25, 0.3) is 49.9 Å². The number of amides is 3. The van der Waals surface area contributed by atoms with Crippen molar-refractivity contribution in [3.63, 3.8) is 0 Å². The Bertz CT molecular complexity index is 5620. The average Bonchev–Trinajstić information content (AvgIpc) is 1.46. The summed E-state index contributed by atoms with van der Waals surface area (Å²) in [4.78, 5) is 81.4. The van der Waals surface area contributed by atoms with E-state index in [0.717, 1.165) is 41.0 Å². The maximum absolute atomic E-state index is 15.7. The second-order valence-corrected chi connectivity index (χ2v) is 31.1. The molecule has 0 aliphatic carbocycles. The van der Waals surface area contributed by atoms with Crippen molar-refractivity contribution in [2.24, 2.45) is 11.8 Å². The van der Waals surface area contributed by atoms with Gasteiger partial charge in [-0.3, -0.25) is 42.5 Å². The van der Waals surface area contributed by atoms with E-state index in [-0.39, 0.29) is 91.2 Å². The predicted molar refractivity (Wildman–Crippen MR) is 438 cm³/mol. The fourth-order valence-corrected chi connectivity index (χ4v) is 15.1. The van der Waals surface area contributed by atoms with Crippen LogP contribution in [-0.2, 0) is 0 Å². The Kier molecular flexibility index (Phi) is 24.7. The lowest BCUT2D eigenvalue weighted by atomic mass is 9.93. The van der Waals surface area contributed by atoms with Crippen molar-refractivity contribution in [2.75, 3.05) is 49.9 Å². The predicted octanol–water partition coefficient (Wildman–Crippen LogP) is 17.0. The van der Waals surface area contributed by atoms with Gasteiger partial charge in [0.25, 0.3) is 17.7 Å². The van der Waals surface area contributed by atoms with E-state index < -0.39 is 17.5 Å². The van der Waals surface area contributed by atoms with Crippen molar-refractivity contribution in [3.8, 4) is 50.6 Å². The first-order chi connectivity index (χ1) is 54.3. The molecular formula is C84H92Cl3F3N18O6. The molecule has 4 atom stereocenters. The van der Waals surface area contributed by atoms with Crippen LogP contribution < -0.4 is 36.7 Å². The number of carbonyl (C=O) groups is 3. The van der Waals surface area contributed by atoms with Crippen LogP contribution in [0.15, 0.2) is 110 Å². The van der Waals surface area contributed by atoms with Gasteiger partial charge in [0.05, 0.1) is 67.2 Å². The highest BCUT2D eigenvalue weighted by molar-refractivity contribution is 6.32. The summed E-state index contributed by atoms with van der Waals surface area (Å²) in [5.74, 6) is 1.74. The highest BCUT2D eigenvalue weighted by atomic mass is 35.5. The maximum Gasteiger partial charge on any atom is 0.272 e. The molecule has 24 nitrogen and oxygen atoms in total. The summed E-state index contributed by atoms with van der Waals surface area (Å²) in [6.45, 7) is 32.3. The fraction of sp³-hybridized carbons (Fsp3) is 0.357. The van der Waals surface area contributed by atoms with E-state index in [1.165, 1.54) is 18.6 Å². The number of nitrogens with one attached hydrogen (secondary N) is 1. The van der Waals surface area contributed by atoms with Crippen LogP contribution in [0.1, 0.15) is 196 Å². The zero-order valence-electron chi connectivity index (χ0n) is 66.2. The molecule has 0 spiro atoms. The van der Waals surface area contributed by atoms with E-state index in [0.29, 0.717) is 147 Å². The van der Waals surface area contributed by atoms with Crippen LogP contribution in [0, 0.1) is 50.1 Å². The molecule has 14 rings (SSSR count). The first-order valence-corrected chi connectivity index (χ1v) is 39.0. The molecule has 0 bridgehead atoms. The Morgan fingerprint density at radius 1 is 0.491 bits per heavy atom. The Morgan fingerprint density at radius 2 is 0.816 bits per heavy atom. The van der Waals surface area contributed by atoms with Crippen LogP contribution in [-0.4, -0.2) is 137 Å². The fourth-order valence-electron chi connectivity index (χ4n) is 14.5. The van der Waals surface area contributed by atoms with Crippen LogP contribution in [0.5, 0.6) is 17.2 Å². The third-order valence-corrected chi connectivity index (χ3v) is 20.8. The summed E-state index contributed by atoms with van der Waals surface area (Å²) < 4.78 is 71.4. The van der Waals surface area contributed by atoms with Gasteiger partial charge in [-0.1, -0.05) is 94.5 Å². The number of rotatable bonds is 20. The van der Waals surface area contributed by atoms with Crippen molar-refractivity contribution in [1.29, 1.82) is 0 Å². The number of likely N-dealkylation sites (tertiary alicyclic amines) is 2. The molecule has 2 aliphatic rings. The topological polar surface area (TPSA) is 305 Å². The van der Waals surface area contributed by atoms with Crippen LogP contribution in [0.3, 0.4) is 0 Å². The zero-order chi connectivity index (χ0) is 82.2. The van der Waals surface area contributed by atoms with E-state index in [1.54, 1.807) is 102 Å². The van der Waals surface area contributed by atoms with E-state index in [4.69, 9.17) is 81.2 Å². The Morgan fingerprint density at radius 3 is 1.11 bits per heavy atom. The number of benzene rings is 3. The third kappa shape index (κ3) is 16.6. The standard InChI is InChI=1S/C29H32ClFN6O2.C28H30ClFN6O2.C27H30ClFN6O2/c1-15(2)39-26-20(17(4)28-35-18(5)25-27(32)33-9-11-37(25)28)12-21(30)24(31)23(26)19-6-7-22(34-13-19)29(38)36-10-8-16(3)14-36;1-14(2)38-25-19(16(4)27-34-17(5)24-26(31)32-8-9-36(24)27)10-20(29)23(30)22(25)18-6-7-21(33-11-18)28(37)35-12-15(3)13-35;1-6-9-32-27(36)20-8-7-17(13-33-20)21-22(29)19(28)12-18(24(21)37-14(2)3)15(4)26-34-16(5)23-25(30)31-10-11-35(23)26/h6-7,9,11-13,15-17H,8,10,14H2,1-5H3,(H2,32,33);6-11,14-16H,12-13H2,1-5H3,(H2,31,32);7-8,10-15H,6,9H2,1-5H3,(H2,30,31)(H,32,36)/t16-,17+;16-;15-/m100/s1. The minimum Gasteiger partial charge on any atom is -0.490 e. The number of halogens is 6. The minimum absolute atomic E-state index is 0.0482. The van der Waals surface area contributed by atoms with E-state index in [2.05, 4.69) is 49.1 Å². The lowest BCUT2D eigenvalue weighted by Crippen LogP contribution is -2.48. The van der Waals surface area contributed by atoms with Gasteiger partial charge in [0, 0.05) is 140 Å². The number of nitrogens with zero attached hydrogens (tertiary/aromatic N) is 14. The molecule has 7 N–H and O–H groups in total. The second kappa shape index (κ2) is 34.3. The molecule has 0 unspecified atom stereocenters. The molecule has 2 fully saturated rings. The molecule has 114 heavy (non-hydrogen) atoms. The molecule has 12 aromatic rings. The summed E-state index contributed by atoms with van der Waals surface area (Å²) in [5.41, 5.74) is 27.5. The monoisotopic (exact) mass is 1610 g/mol. The van der Waals surface area contributed by atoms with Gasteiger partial charge in [-0.25, -0.2) is 43.1 Å². The SMILES string of the molecule is CCCNC(=O)c1ccc(-c2c(F)c(Cl)cc([C@H](C)c3nc(C)c4c(N)nccn34)c2OC(C)C)cn1.Cc1nc([C@@H](C)c2cc(Cl)c(F)c(-c3ccc(C(=O)N4CC(C)C4)nc3)c2OC(C)C)n2ccnc(N)c12.Cc1nc([C@@H](C)c2cc(Cl)c(F)c(-c3ccc(C(=O)N4CC[C@@H](C)C4)nc3)c2OC(C)C)n2ccnc(N)c12. The second-order valence-electron chi connectivity index (χ2n) is 29.8. The first kappa shape index (κ1) is 82.3. The zero-order valence-corrected chi connectivity index (χ0v) is 68.4. The van der Waals surface area contributed by atoms with Gasteiger partial charge in [-0.05, 0) is 123 Å². The maximum atomic E-state index is 15.7. The average molecular weight is 1610 g/mol. The number of pyridine rings is 3. The van der Waals surface area contributed by atoms with E-state index in [1.807, 2.05) is 103 Å². The number of ether oxygens (including phenoxy) is 3. The van der Waals surface area contributed by atoms with Gasteiger partial charge in [-0.2, -0.15) is 0 Å². The molecule has 3 aromatic carbocycles. The molecule has 0 radical (unpaired) electrons. The Balaban J connectivity index is 0.000000158. The van der Waals surface area contributed by atoms with Crippen LogP contribution in [0.2, 0.25) is 15.1 Å². The number of anilines is 3. The molecule has 3 amide bonds. The molecule has 9 aromatic heterocycles. The number of imidazole rings is 3. The van der Waals surface area contributed by atoms with Gasteiger partial charge >= 0.3 is 0 Å². The van der Waals surface area contributed by atoms with Crippen molar-refractivity contribution >= 4 is 86.5 Å². The van der Waals surface area contributed by atoms with E-state index in [9.17, 15) is 14.4 Å². The van der Waals surface area contributed by atoms with Crippen molar-refractivity contribution < 1.29 is 41.8 Å². The van der Waals surface area contributed by atoms with Gasteiger partial charge in [-0.15, -0.1) is 0 Å². The third-order valence-electron chi connectivity index (χ3n) is 20.0. The summed E-state index contributed by atoms with van der Waals surface area (Å²) in [6.07, 6.45) is 15.7. The Labute approximate surface area is 674 Å². The molecule has 0 saturated carbocycles. The molecular weight excluding hydrogens is 1520 g/mol. The summed E-state index contributed by atoms with van der Waals surface area (Å²) in [7, 11) is 0. The Hall–Kier alpha value is -11.2. The molecule has 2 aliphatic heterocycles. The molecule has 30 heteroatoms. The number of aryl methyl sites for hydroxylation is 3. The first-order valence-electron chi connectivity index (χ1n) is 37.8. The number of carbonyl (C=O) groups excluding carboxylic acids is 3. The minimum atomic E-state index is -0.629. The molecule has 2 saturated heterocycles. The number of aromatic nitrogens is 12. The highest BCUT2D eigenvalue weighted by Gasteiger charge is 2.35. The lowest BCUT2D eigenvalue weighted by molar-refractivity contribution is 0.0524. The lowest BCUT2D eigenvalue weighted by Gasteiger charge is -2.36. The van der Waals surface area contributed by atoms with Crippen LogP contribution >= 0.6 is 34.8 Å². The van der Waals surface area contributed by atoms with Crippen molar-refractivity contribution in [2.45, 2.75) is 153 Å². The quantitative estimate of drug-likeness (QED) is 0.0551. The summed E-state index contributed by atoms with van der Waals surface area (Å²) in [6, 6.07) is 14.6. The molecule has 11 heterocycles. The summed E-state index contributed by atoms with van der Waals surface area (Å²) in [5, 5.41) is 2.63. The highest BCUT2D eigenvalue weighted by Crippen LogP contribution is 2.48. The van der Waals surface area contributed by atoms with Crippen LogP contribution in [0.4, 0.5) is 30.6 Å². The van der Waals surface area contributed by atoms with Gasteiger partial charge in [0.2, 0.25) is 0 Å². The van der Waals surface area contributed by atoms with Gasteiger partial charge in [0.1, 0.15) is 85.8 Å². The number of fused-ring (bicyclic) bond motifs is 3. The number of nitrogen functional groups attached to an aromatic ring is 3. The number of nitrogens with two attached hydrogens (primary N) is 3. The summed E-state index contributed by atoms with van der Waals surface area (Å²) >= 11 is 19.3. The van der Waals surface area contributed by atoms with E-state index >= 15 is 13.2 Å². The largest absolute Gasteiger partial charge is 0.490 e. The number of hydrogen-bond acceptors (Lipinski definition) is 18. The van der Waals surface area contributed by atoms with Gasteiger partial charge < -0.3 is 46.5 Å². The van der Waals surface area contributed by atoms with Crippen molar-refractivity contribution in [1.82, 2.24) is 73.2 Å². The molecule has 596 valence electrons. The smallest absolute Gasteiger partial charge is 0.272 e. The van der Waals surface area contributed by atoms with Crippen molar-refractivity contribution in [3.05, 3.63) is 211 Å².